The van der Waals surface area contributed by atoms with E-state index in [0.29, 0.717) is 6.42 Å². The standard InChI is InChI=1S/C15H20F3N3O4/c1-8(22)9(10(19)23)20-7-14(12(20)25)3-2-6-21(14)11(24)13(4-5-13)15(16,17)18/h8-9,22H,2-7H2,1H3,(H2,19,23)/t8-,9+,14-/m1/s1. The Morgan fingerprint density at radius 2 is 1.88 bits per heavy atom. The first-order valence-corrected chi connectivity index (χ1v) is 8.15. The highest BCUT2D eigenvalue weighted by atomic mass is 19.4. The van der Waals surface area contributed by atoms with E-state index in [1.54, 1.807) is 0 Å². The van der Waals surface area contributed by atoms with Crippen LogP contribution in [-0.2, 0) is 14.4 Å². The molecule has 3 atom stereocenters. The summed E-state index contributed by atoms with van der Waals surface area (Å²) in [6, 6.07) is -1.26. The number of alkyl halides is 3. The van der Waals surface area contributed by atoms with Gasteiger partial charge in [0.25, 0.3) is 5.91 Å². The third-order valence-corrected chi connectivity index (χ3v) is 5.61. The number of nitrogens with zero attached hydrogens (tertiary/aromatic N) is 2. The number of amides is 3. The first-order chi connectivity index (χ1) is 11.5. The van der Waals surface area contributed by atoms with Crippen LogP contribution < -0.4 is 5.73 Å². The largest absolute Gasteiger partial charge is 0.403 e. The van der Waals surface area contributed by atoms with Crippen molar-refractivity contribution >= 4 is 17.7 Å². The second-order valence-corrected chi connectivity index (χ2v) is 7.19. The highest BCUT2D eigenvalue weighted by molar-refractivity contribution is 6.01. The number of nitrogens with two attached hydrogens (primary N) is 1. The van der Waals surface area contributed by atoms with Gasteiger partial charge in [0.05, 0.1) is 12.6 Å². The Morgan fingerprint density at radius 3 is 2.28 bits per heavy atom. The molecule has 0 unspecified atom stereocenters. The maximum Gasteiger partial charge on any atom is 0.403 e. The van der Waals surface area contributed by atoms with Crippen LogP contribution in [0, 0.1) is 5.41 Å². The number of hydrogen-bond donors (Lipinski definition) is 2. The molecule has 3 rings (SSSR count). The minimum Gasteiger partial charge on any atom is -0.391 e. The number of rotatable bonds is 4. The molecule has 0 aromatic heterocycles. The molecule has 0 aromatic rings. The highest BCUT2D eigenvalue weighted by Gasteiger charge is 2.73. The van der Waals surface area contributed by atoms with Crippen molar-refractivity contribution in [2.75, 3.05) is 13.1 Å². The molecule has 1 aliphatic carbocycles. The van der Waals surface area contributed by atoms with Crippen LogP contribution in [0.15, 0.2) is 0 Å². The van der Waals surface area contributed by atoms with Crippen LogP contribution in [0.1, 0.15) is 32.6 Å². The molecule has 3 fully saturated rings. The second-order valence-electron chi connectivity index (χ2n) is 7.19. The number of aliphatic hydroxyl groups excluding tert-OH is 1. The Morgan fingerprint density at radius 1 is 1.28 bits per heavy atom. The summed E-state index contributed by atoms with van der Waals surface area (Å²) in [6.07, 6.45) is -5.73. The van der Waals surface area contributed by atoms with E-state index in [2.05, 4.69) is 0 Å². The average Bonchev–Trinajstić information content (AvgIpc) is 3.20. The molecule has 2 heterocycles. The number of carbonyl (C=O) groups excluding carboxylic acids is 3. The van der Waals surface area contributed by atoms with Crippen molar-refractivity contribution in [1.29, 1.82) is 0 Å². The van der Waals surface area contributed by atoms with Crippen LogP contribution >= 0.6 is 0 Å². The Labute approximate surface area is 141 Å². The van der Waals surface area contributed by atoms with E-state index in [1.165, 1.54) is 6.92 Å². The van der Waals surface area contributed by atoms with Crippen LogP contribution in [0.4, 0.5) is 13.2 Å². The Balaban J connectivity index is 1.83. The van der Waals surface area contributed by atoms with Crippen LogP contribution in [0.3, 0.4) is 0 Å². The lowest BCUT2D eigenvalue weighted by Gasteiger charge is -2.54. The number of carbonyl (C=O) groups is 3. The molecule has 1 spiro atoms. The zero-order valence-electron chi connectivity index (χ0n) is 13.7. The minimum atomic E-state index is -4.64. The van der Waals surface area contributed by atoms with E-state index in [1.807, 2.05) is 0 Å². The van der Waals surface area contributed by atoms with Gasteiger partial charge in [-0.25, -0.2) is 0 Å². The number of β-lactam (4-membered cyclic amide) rings is 1. The smallest absolute Gasteiger partial charge is 0.391 e. The van der Waals surface area contributed by atoms with E-state index in [9.17, 15) is 32.7 Å². The fourth-order valence-corrected chi connectivity index (χ4v) is 4.04. The third kappa shape index (κ3) is 2.33. The van der Waals surface area contributed by atoms with Crippen molar-refractivity contribution in [3.63, 3.8) is 0 Å². The fourth-order valence-electron chi connectivity index (χ4n) is 4.04. The molecule has 25 heavy (non-hydrogen) atoms. The summed E-state index contributed by atoms with van der Waals surface area (Å²) in [5, 5.41) is 9.66. The van der Waals surface area contributed by atoms with Gasteiger partial charge in [-0.3, -0.25) is 14.4 Å². The molecule has 140 valence electrons. The molecule has 2 saturated heterocycles. The zero-order valence-corrected chi connectivity index (χ0v) is 13.7. The van der Waals surface area contributed by atoms with Crippen molar-refractivity contribution in [3.8, 4) is 0 Å². The molecule has 1 saturated carbocycles. The molecule has 3 amide bonds. The molecular formula is C15H20F3N3O4. The molecule has 0 aromatic carbocycles. The second kappa shape index (κ2) is 5.33. The predicted octanol–water partition coefficient (Wildman–Crippen LogP) is -0.233. The van der Waals surface area contributed by atoms with Crippen LogP contribution in [0.25, 0.3) is 0 Å². The topological polar surface area (TPSA) is 104 Å². The number of likely N-dealkylation sites (tertiary alicyclic amines) is 2. The molecule has 0 radical (unpaired) electrons. The minimum absolute atomic E-state index is 0.0756. The highest BCUT2D eigenvalue weighted by Crippen LogP contribution is 2.60. The normalized spacial score (nSPS) is 30.2. The van der Waals surface area contributed by atoms with Gasteiger partial charge in [-0.2, -0.15) is 13.2 Å². The Bertz CT molecular complexity index is 632. The van der Waals surface area contributed by atoms with E-state index < -0.39 is 47.0 Å². The first kappa shape index (κ1) is 18.0. The maximum atomic E-state index is 13.3. The van der Waals surface area contributed by atoms with Gasteiger partial charge in [-0.05, 0) is 32.6 Å². The number of halogens is 3. The summed E-state index contributed by atoms with van der Waals surface area (Å²) in [6.45, 7) is 1.28. The Hall–Kier alpha value is -1.84. The zero-order chi connectivity index (χ0) is 18.8. The van der Waals surface area contributed by atoms with Gasteiger partial charge in [0.1, 0.15) is 17.0 Å². The van der Waals surface area contributed by atoms with Gasteiger partial charge < -0.3 is 20.6 Å². The summed E-state index contributed by atoms with van der Waals surface area (Å²) >= 11 is 0. The molecule has 0 bridgehead atoms. The van der Waals surface area contributed by atoms with Crippen LogP contribution in [0.5, 0.6) is 0 Å². The van der Waals surface area contributed by atoms with Crippen molar-refractivity contribution in [2.45, 2.75) is 56.5 Å². The lowest BCUT2D eigenvalue weighted by atomic mass is 9.82. The molecule has 3 aliphatic rings. The van der Waals surface area contributed by atoms with Crippen molar-refractivity contribution < 1.29 is 32.7 Å². The molecule has 10 heteroatoms. The predicted molar refractivity (Wildman–Crippen MR) is 77.8 cm³/mol. The van der Waals surface area contributed by atoms with Gasteiger partial charge in [-0.1, -0.05) is 0 Å². The van der Waals surface area contributed by atoms with Gasteiger partial charge in [0.2, 0.25) is 11.8 Å². The summed E-state index contributed by atoms with van der Waals surface area (Å²) in [5.41, 5.74) is 1.48. The monoisotopic (exact) mass is 363 g/mol. The van der Waals surface area contributed by atoms with Crippen LogP contribution in [0.2, 0.25) is 0 Å². The van der Waals surface area contributed by atoms with E-state index in [4.69, 9.17) is 5.73 Å². The summed E-state index contributed by atoms with van der Waals surface area (Å²) in [4.78, 5) is 38.8. The number of hydrogen-bond acceptors (Lipinski definition) is 4. The molecule has 7 nitrogen and oxygen atoms in total. The van der Waals surface area contributed by atoms with Crippen molar-refractivity contribution in [1.82, 2.24) is 9.80 Å². The first-order valence-electron chi connectivity index (χ1n) is 8.15. The van der Waals surface area contributed by atoms with E-state index in [0.717, 1.165) is 9.80 Å². The van der Waals surface area contributed by atoms with Crippen molar-refractivity contribution in [2.24, 2.45) is 11.1 Å². The van der Waals surface area contributed by atoms with E-state index >= 15 is 0 Å². The fraction of sp³-hybridized carbons (Fsp3) is 0.800. The van der Waals surface area contributed by atoms with E-state index in [-0.39, 0.29) is 32.4 Å². The third-order valence-electron chi connectivity index (χ3n) is 5.61. The van der Waals surface area contributed by atoms with Gasteiger partial charge in [0.15, 0.2) is 0 Å². The summed E-state index contributed by atoms with van der Waals surface area (Å²) < 4.78 is 39.8. The number of aliphatic hydroxyl groups is 1. The molecular weight excluding hydrogens is 343 g/mol. The average molecular weight is 363 g/mol. The lowest BCUT2D eigenvalue weighted by molar-refractivity contribution is -0.206. The number of primary amides is 1. The quantitative estimate of drug-likeness (QED) is 0.673. The summed E-state index contributed by atoms with van der Waals surface area (Å²) in [5.74, 6) is -2.58. The van der Waals surface area contributed by atoms with Gasteiger partial charge >= 0.3 is 6.18 Å². The van der Waals surface area contributed by atoms with Crippen molar-refractivity contribution in [3.05, 3.63) is 0 Å². The summed E-state index contributed by atoms with van der Waals surface area (Å²) in [7, 11) is 0. The SMILES string of the molecule is C[C@@H](O)[C@@H](C(N)=O)N1C[C@]2(CCCN2C(=O)C2(C(F)(F)F)CC2)C1=O. The molecule has 3 N–H and O–H groups in total. The maximum absolute atomic E-state index is 13.3. The van der Waals surface area contributed by atoms with Gasteiger partial charge in [-0.15, -0.1) is 0 Å². The van der Waals surface area contributed by atoms with Gasteiger partial charge in [0, 0.05) is 6.54 Å². The lowest BCUT2D eigenvalue weighted by Crippen LogP contribution is -2.77. The molecule has 2 aliphatic heterocycles. The van der Waals surface area contributed by atoms with Crippen LogP contribution in [-0.4, -0.2) is 69.6 Å². The Kier molecular flexibility index (Phi) is 3.83.